The van der Waals surface area contributed by atoms with E-state index >= 15 is 0 Å². The summed E-state index contributed by atoms with van der Waals surface area (Å²) >= 11 is 0. The van der Waals surface area contributed by atoms with E-state index in [9.17, 15) is 22.8 Å². The topological polar surface area (TPSA) is 64.6 Å². The minimum atomic E-state index is -4.51. The van der Waals surface area contributed by atoms with E-state index in [1.165, 1.54) is 14.0 Å². The summed E-state index contributed by atoms with van der Waals surface area (Å²) in [6.07, 6.45) is -5.22. The van der Waals surface area contributed by atoms with E-state index in [0.717, 1.165) is 0 Å². The van der Waals surface area contributed by atoms with Crippen molar-refractivity contribution in [1.29, 1.82) is 0 Å². The smallest absolute Gasteiger partial charge is 0.411 e. The average Bonchev–Trinajstić information content (AvgIpc) is 2.39. The Morgan fingerprint density at radius 3 is 2.20 bits per heavy atom. The first kappa shape index (κ1) is 18.7. The Bertz CT molecular complexity index is 333. The van der Waals surface area contributed by atoms with Crippen LogP contribution in [0.15, 0.2) is 0 Å². The highest BCUT2D eigenvalue weighted by Gasteiger charge is 2.32. The molecule has 0 aliphatic carbocycles. The van der Waals surface area contributed by atoms with E-state index in [1.807, 2.05) is 6.92 Å². The van der Waals surface area contributed by atoms with E-state index in [-0.39, 0.29) is 5.92 Å². The van der Waals surface area contributed by atoms with Crippen LogP contribution in [0.4, 0.5) is 13.2 Å². The first-order valence-electron chi connectivity index (χ1n) is 6.18. The van der Waals surface area contributed by atoms with Crippen molar-refractivity contribution in [1.82, 2.24) is 5.32 Å². The average molecular weight is 299 g/mol. The minimum Gasteiger partial charge on any atom is -0.467 e. The van der Waals surface area contributed by atoms with Crippen LogP contribution >= 0.6 is 0 Å². The summed E-state index contributed by atoms with van der Waals surface area (Å²) in [6, 6.07) is -0.908. The summed E-state index contributed by atoms with van der Waals surface area (Å²) in [6.45, 7) is 3.21. The summed E-state index contributed by atoms with van der Waals surface area (Å²) < 4.78 is 44.9. The van der Waals surface area contributed by atoms with Gasteiger partial charge >= 0.3 is 12.1 Å². The molecule has 1 amide bonds. The number of halogens is 3. The molecule has 0 radical (unpaired) electrons. The number of carbonyl (C=O) groups is 2. The molecule has 3 unspecified atom stereocenters. The number of amides is 1. The van der Waals surface area contributed by atoms with Crippen molar-refractivity contribution < 1.29 is 32.2 Å². The van der Waals surface area contributed by atoms with Gasteiger partial charge in [-0.1, -0.05) is 20.3 Å². The third-order valence-corrected chi connectivity index (χ3v) is 2.83. The molecule has 0 bridgehead atoms. The van der Waals surface area contributed by atoms with Crippen molar-refractivity contribution in [2.24, 2.45) is 5.92 Å². The van der Waals surface area contributed by atoms with Crippen LogP contribution in [0.25, 0.3) is 0 Å². The number of alkyl halides is 3. The first-order valence-corrected chi connectivity index (χ1v) is 6.18. The van der Waals surface area contributed by atoms with Gasteiger partial charge in [-0.25, -0.2) is 4.79 Å². The summed E-state index contributed by atoms with van der Waals surface area (Å²) in [5.41, 5.74) is 0. The predicted molar refractivity (Wildman–Crippen MR) is 64.9 cm³/mol. The Morgan fingerprint density at radius 1 is 1.25 bits per heavy atom. The molecular formula is C12H20F3NO4. The van der Waals surface area contributed by atoms with Gasteiger partial charge in [0.15, 0.2) is 0 Å². The molecule has 5 nitrogen and oxygen atoms in total. The SMILES string of the molecule is CCC(C)C(NC(=O)C(C)OCC(F)(F)F)C(=O)OC. The van der Waals surface area contributed by atoms with E-state index < -0.39 is 36.8 Å². The van der Waals surface area contributed by atoms with Crippen molar-refractivity contribution in [3.05, 3.63) is 0 Å². The molecular weight excluding hydrogens is 279 g/mol. The molecule has 1 N–H and O–H groups in total. The first-order chi connectivity index (χ1) is 9.12. The van der Waals surface area contributed by atoms with Crippen LogP contribution in [-0.4, -0.2) is 43.9 Å². The van der Waals surface area contributed by atoms with Crippen LogP contribution < -0.4 is 5.32 Å². The Hall–Kier alpha value is -1.31. The third-order valence-electron chi connectivity index (χ3n) is 2.83. The van der Waals surface area contributed by atoms with Crippen LogP contribution in [0.5, 0.6) is 0 Å². The Kier molecular flexibility index (Phi) is 7.55. The number of hydrogen-bond donors (Lipinski definition) is 1. The number of esters is 1. The fraction of sp³-hybridized carbons (Fsp3) is 0.833. The van der Waals surface area contributed by atoms with Gasteiger partial charge in [-0.2, -0.15) is 13.2 Å². The molecule has 118 valence electrons. The van der Waals surface area contributed by atoms with Gasteiger partial charge in [-0.05, 0) is 12.8 Å². The maximum Gasteiger partial charge on any atom is 0.411 e. The zero-order valence-corrected chi connectivity index (χ0v) is 11.9. The second-order valence-electron chi connectivity index (χ2n) is 4.46. The van der Waals surface area contributed by atoms with Crippen LogP contribution in [-0.2, 0) is 19.1 Å². The Morgan fingerprint density at radius 2 is 1.80 bits per heavy atom. The zero-order chi connectivity index (χ0) is 15.9. The molecule has 0 aromatic carbocycles. The van der Waals surface area contributed by atoms with Gasteiger partial charge in [0.05, 0.1) is 7.11 Å². The van der Waals surface area contributed by atoms with E-state index in [0.29, 0.717) is 6.42 Å². The highest BCUT2D eigenvalue weighted by molar-refractivity contribution is 5.86. The number of ether oxygens (including phenoxy) is 2. The van der Waals surface area contributed by atoms with Crippen molar-refractivity contribution in [3.63, 3.8) is 0 Å². The Balaban J connectivity index is 4.55. The molecule has 0 aromatic heterocycles. The van der Waals surface area contributed by atoms with E-state index in [2.05, 4.69) is 14.8 Å². The monoisotopic (exact) mass is 299 g/mol. The third kappa shape index (κ3) is 6.74. The van der Waals surface area contributed by atoms with Crippen molar-refractivity contribution in [3.8, 4) is 0 Å². The van der Waals surface area contributed by atoms with Crippen molar-refractivity contribution >= 4 is 11.9 Å². The van der Waals surface area contributed by atoms with Crippen molar-refractivity contribution in [2.75, 3.05) is 13.7 Å². The zero-order valence-electron chi connectivity index (χ0n) is 11.9. The minimum absolute atomic E-state index is 0.207. The van der Waals surface area contributed by atoms with Gasteiger partial charge in [-0.15, -0.1) is 0 Å². The number of methoxy groups -OCH3 is 1. The number of hydrogen-bond acceptors (Lipinski definition) is 4. The lowest BCUT2D eigenvalue weighted by molar-refractivity contribution is -0.186. The fourth-order valence-corrected chi connectivity index (χ4v) is 1.36. The molecule has 0 heterocycles. The standard InChI is InChI=1S/C12H20F3NO4/c1-5-7(2)9(11(18)19-4)16-10(17)8(3)20-6-12(13,14)15/h7-9H,5-6H2,1-4H3,(H,16,17). The molecule has 0 saturated carbocycles. The maximum atomic E-state index is 12.0. The van der Waals surface area contributed by atoms with Gasteiger partial charge in [-0.3, -0.25) is 4.79 Å². The molecule has 0 aromatic rings. The van der Waals surface area contributed by atoms with Gasteiger partial charge in [0.25, 0.3) is 0 Å². The molecule has 3 atom stereocenters. The largest absolute Gasteiger partial charge is 0.467 e. The van der Waals surface area contributed by atoms with Crippen LogP contribution in [0.2, 0.25) is 0 Å². The lowest BCUT2D eigenvalue weighted by Gasteiger charge is -2.23. The summed E-state index contributed by atoms with van der Waals surface area (Å²) in [4.78, 5) is 23.2. The second kappa shape index (κ2) is 8.08. The van der Waals surface area contributed by atoms with Gasteiger partial charge < -0.3 is 14.8 Å². The molecule has 0 aliphatic heterocycles. The molecule has 8 heteroatoms. The second-order valence-corrected chi connectivity index (χ2v) is 4.46. The summed E-state index contributed by atoms with van der Waals surface area (Å²) in [5.74, 6) is -1.64. The lowest BCUT2D eigenvalue weighted by atomic mass is 9.99. The Labute approximate surface area is 115 Å². The molecule has 0 fully saturated rings. The molecule has 0 spiro atoms. The van der Waals surface area contributed by atoms with Crippen LogP contribution in [0.1, 0.15) is 27.2 Å². The molecule has 0 saturated heterocycles. The highest BCUT2D eigenvalue weighted by atomic mass is 19.4. The predicted octanol–water partition coefficient (Wildman–Crippen LogP) is 1.66. The number of rotatable bonds is 7. The molecule has 0 aliphatic rings. The maximum absolute atomic E-state index is 12.0. The van der Waals surface area contributed by atoms with Crippen LogP contribution in [0, 0.1) is 5.92 Å². The molecule has 20 heavy (non-hydrogen) atoms. The van der Waals surface area contributed by atoms with Crippen molar-refractivity contribution in [2.45, 2.75) is 45.5 Å². The summed E-state index contributed by atoms with van der Waals surface area (Å²) in [5, 5.41) is 2.35. The van der Waals surface area contributed by atoms with Gasteiger partial charge in [0.1, 0.15) is 18.8 Å². The van der Waals surface area contributed by atoms with Crippen LogP contribution in [0.3, 0.4) is 0 Å². The van der Waals surface area contributed by atoms with Gasteiger partial charge in [0, 0.05) is 0 Å². The quantitative estimate of drug-likeness (QED) is 0.726. The lowest BCUT2D eigenvalue weighted by Crippen LogP contribution is -2.49. The normalized spacial score (nSPS) is 16.1. The molecule has 0 rings (SSSR count). The number of carbonyl (C=O) groups excluding carboxylic acids is 2. The summed E-state index contributed by atoms with van der Waals surface area (Å²) in [7, 11) is 1.17. The van der Waals surface area contributed by atoms with E-state index in [4.69, 9.17) is 0 Å². The highest BCUT2D eigenvalue weighted by Crippen LogP contribution is 2.16. The van der Waals surface area contributed by atoms with E-state index in [1.54, 1.807) is 6.92 Å². The fourth-order valence-electron chi connectivity index (χ4n) is 1.36. The van der Waals surface area contributed by atoms with Gasteiger partial charge in [0.2, 0.25) is 5.91 Å². The number of nitrogens with one attached hydrogen (secondary N) is 1.